The Kier molecular flexibility index (Phi) is 4.93. The molecule has 4 heteroatoms. The van der Waals surface area contributed by atoms with Gasteiger partial charge < -0.3 is 4.74 Å². The molecule has 0 saturated carbocycles. The van der Waals surface area contributed by atoms with Crippen LogP contribution in [0.1, 0.15) is 39.5 Å². The normalized spacial score (nSPS) is 23.8. The highest BCUT2D eigenvalue weighted by Crippen LogP contribution is 2.22. The van der Waals surface area contributed by atoms with Crippen molar-refractivity contribution in [3.63, 3.8) is 0 Å². The Morgan fingerprint density at radius 1 is 1.44 bits per heavy atom. The van der Waals surface area contributed by atoms with Crippen LogP contribution in [0.3, 0.4) is 0 Å². The van der Waals surface area contributed by atoms with Crippen LogP contribution >= 0.6 is 0 Å². The van der Waals surface area contributed by atoms with E-state index >= 15 is 0 Å². The van der Waals surface area contributed by atoms with Crippen molar-refractivity contribution in [3.05, 3.63) is 0 Å². The lowest BCUT2D eigenvalue weighted by Crippen LogP contribution is -2.49. The molecular formula is C12H21NO3. The van der Waals surface area contributed by atoms with E-state index < -0.39 is 0 Å². The number of carbonyl (C=O) groups is 2. The first kappa shape index (κ1) is 13.2. The zero-order chi connectivity index (χ0) is 12.1. The van der Waals surface area contributed by atoms with Gasteiger partial charge in [0, 0.05) is 12.5 Å². The first-order chi connectivity index (χ1) is 7.56. The molecule has 1 fully saturated rings. The fraction of sp³-hybridized carbons (Fsp3) is 0.833. The molecule has 1 heterocycles. The summed E-state index contributed by atoms with van der Waals surface area (Å²) in [6.07, 6.45) is 3.78. The van der Waals surface area contributed by atoms with E-state index in [1.54, 1.807) is 6.92 Å². The van der Waals surface area contributed by atoms with E-state index in [-0.39, 0.29) is 23.8 Å². The Bertz CT molecular complexity index is 265. The van der Waals surface area contributed by atoms with Crippen molar-refractivity contribution >= 4 is 11.8 Å². The van der Waals surface area contributed by atoms with Crippen LogP contribution < -0.4 is 0 Å². The Morgan fingerprint density at radius 2 is 2.12 bits per heavy atom. The quantitative estimate of drug-likeness (QED) is 0.681. The Labute approximate surface area is 96.9 Å². The topological polar surface area (TPSA) is 46.6 Å². The van der Waals surface area contributed by atoms with E-state index in [9.17, 15) is 9.59 Å². The summed E-state index contributed by atoms with van der Waals surface area (Å²) in [4.78, 5) is 24.8. The lowest BCUT2D eigenvalue weighted by Gasteiger charge is -2.38. The zero-order valence-corrected chi connectivity index (χ0v) is 10.4. The molecule has 0 spiro atoms. The SMILES string of the molecule is COC(=O)C(C)N1CCCCC1CC(C)=O. The molecule has 0 aromatic heterocycles. The molecule has 0 bridgehead atoms. The van der Waals surface area contributed by atoms with Gasteiger partial charge in [-0.15, -0.1) is 0 Å². The number of Topliss-reactive ketones (excluding diaryl/α,β-unsaturated/α-hetero) is 1. The summed E-state index contributed by atoms with van der Waals surface area (Å²) in [6.45, 7) is 4.34. The number of piperidine rings is 1. The molecule has 1 rings (SSSR count). The molecule has 0 amide bonds. The van der Waals surface area contributed by atoms with Gasteiger partial charge in [-0.2, -0.15) is 0 Å². The van der Waals surface area contributed by atoms with E-state index in [2.05, 4.69) is 4.90 Å². The first-order valence-corrected chi connectivity index (χ1v) is 5.89. The fourth-order valence-corrected chi connectivity index (χ4v) is 2.39. The molecule has 0 aromatic carbocycles. The van der Waals surface area contributed by atoms with Gasteiger partial charge in [0.05, 0.1) is 7.11 Å². The van der Waals surface area contributed by atoms with Crippen molar-refractivity contribution in [1.82, 2.24) is 4.90 Å². The van der Waals surface area contributed by atoms with Gasteiger partial charge in [0.15, 0.2) is 0 Å². The van der Waals surface area contributed by atoms with Gasteiger partial charge in [-0.1, -0.05) is 6.42 Å². The fourth-order valence-electron chi connectivity index (χ4n) is 2.39. The van der Waals surface area contributed by atoms with Gasteiger partial charge >= 0.3 is 5.97 Å². The maximum Gasteiger partial charge on any atom is 0.322 e. The van der Waals surface area contributed by atoms with E-state index in [0.717, 1.165) is 25.8 Å². The van der Waals surface area contributed by atoms with Gasteiger partial charge in [-0.25, -0.2) is 0 Å². The lowest BCUT2D eigenvalue weighted by molar-refractivity contribution is -0.148. The van der Waals surface area contributed by atoms with Crippen LogP contribution in [-0.2, 0) is 14.3 Å². The smallest absolute Gasteiger partial charge is 0.322 e. The van der Waals surface area contributed by atoms with Gasteiger partial charge in [-0.3, -0.25) is 14.5 Å². The number of rotatable bonds is 4. The second-order valence-electron chi connectivity index (χ2n) is 4.49. The predicted molar refractivity (Wildman–Crippen MR) is 61.1 cm³/mol. The van der Waals surface area contributed by atoms with Crippen LogP contribution in [0.25, 0.3) is 0 Å². The molecule has 92 valence electrons. The molecule has 16 heavy (non-hydrogen) atoms. The van der Waals surface area contributed by atoms with Crippen molar-refractivity contribution in [2.75, 3.05) is 13.7 Å². The highest BCUT2D eigenvalue weighted by atomic mass is 16.5. The van der Waals surface area contributed by atoms with Crippen molar-refractivity contribution < 1.29 is 14.3 Å². The molecular weight excluding hydrogens is 206 g/mol. The number of ketones is 1. The molecule has 0 aromatic rings. The number of hydrogen-bond donors (Lipinski definition) is 0. The number of likely N-dealkylation sites (tertiary alicyclic amines) is 1. The molecule has 0 radical (unpaired) electrons. The highest BCUT2D eigenvalue weighted by Gasteiger charge is 2.31. The van der Waals surface area contributed by atoms with Crippen LogP contribution in [0.5, 0.6) is 0 Å². The van der Waals surface area contributed by atoms with Crippen LogP contribution in [0, 0.1) is 0 Å². The molecule has 1 saturated heterocycles. The van der Waals surface area contributed by atoms with E-state index in [1.165, 1.54) is 7.11 Å². The molecule has 2 atom stereocenters. The second kappa shape index (κ2) is 5.99. The summed E-state index contributed by atoms with van der Waals surface area (Å²) >= 11 is 0. The van der Waals surface area contributed by atoms with E-state index in [4.69, 9.17) is 4.74 Å². The van der Waals surface area contributed by atoms with E-state index in [1.807, 2.05) is 6.92 Å². The highest BCUT2D eigenvalue weighted by molar-refractivity contribution is 5.77. The van der Waals surface area contributed by atoms with Crippen LogP contribution in [0.15, 0.2) is 0 Å². The Hall–Kier alpha value is -0.900. The number of methoxy groups -OCH3 is 1. The molecule has 0 aliphatic carbocycles. The summed E-state index contributed by atoms with van der Waals surface area (Å²) < 4.78 is 4.75. The summed E-state index contributed by atoms with van der Waals surface area (Å²) in [6, 6.07) is -0.0324. The molecule has 1 aliphatic rings. The van der Waals surface area contributed by atoms with Gasteiger partial charge in [0.2, 0.25) is 0 Å². The van der Waals surface area contributed by atoms with Crippen molar-refractivity contribution in [3.8, 4) is 0 Å². The molecule has 2 unspecified atom stereocenters. The minimum absolute atomic E-state index is 0.189. The lowest BCUT2D eigenvalue weighted by atomic mass is 9.96. The van der Waals surface area contributed by atoms with Gasteiger partial charge in [0.1, 0.15) is 11.8 Å². The number of carbonyl (C=O) groups excluding carboxylic acids is 2. The largest absolute Gasteiger partial charge is 0.468 e. The Balaban J connectivity index is 2.65. The standard InChI is InChI=1S/C12H21NO3/c1-9(14)8-11-6-4-5-7-13(11)10(2)12(15)16-3/h10-11H,4-8H2,1-3H3. The van der Waals surface area contributed by atoms with E-state index in [0.29, 0.717) is 6.42 Å². The van der Waals surface area contributed by atoms with Crippen molar-refractivity contribution in [2.45, 2.75) is 51.6 Å². The number of nitrogens with zero attached hydrogens (tertiary/aromatic N) is 1. The first-order valence-electron chi connectivity index (χ1n) is 5.89. The molecule has 1 aliphatic heterocycles. The summed E-state index contributed by atoms with van der Waals surface area (Å²) in [5.41, 5.74) is 0. The summed E-state index contributed by atoms with van der Waals surface area (Å²) in [5.74, 6) is -0.0237. The number of hydrogen-bond acceptors (Lipinski definition) is 4. The average molecular weight is 227 g/mol. The monoisotopic (exact) mass is 227 g/mol. The third-order valence-corrected chi connectivity index (χ3v) is 3.24. The predicted octanol–water partition coefficient (Wildman–Crippen LogP) is 1.38. The summed E-state index contributed by atoms with van der Waals surface area (Å²) in [7, 11) is 1.41. The van der Waals surface area contributed by atoms with Crippen LogP contribution in [-0.4, -0.2) is 42.4 Å². The number of ether oxygens (including phenoxy) is 1. The minimum Gasteiger partial charge on any atom is -0.468 e. The number of esters is 1. The molecule has 4 nitrogen and oxygen atoms in total. The van der Waals surface area contributed by atoms with Crippen LogP contribution in [0.2, 0.25) is 0 Å². The van der Waals surface area contributed by atoms with Gasteiger partial charge in [0.25, 0.3) is 0 Å². The molecule has 0 N–H and O–H groups in total. The second-order valence-corrected chi connectivity index (χ2v) is 4.49. The van der Waals surface area contributed by atoms with Gasteiger partial charge in [-0.05, 0) is 33.2 Å². The maximum atomic E-state index is 11.5. The Morgan fingerprint density at radius 3 is 2.69 bits per heavy atom. The van der Waals surface area contributed by atoms with Crippen LogP contribution in [0.4, 0.5) is 0 Å². The third kappa shape index (κ3) is 3.30. The third-order valence-electron chi connectivity index (χ3n) is 3.24. The maximum absolute atomic E-state index is 11.5. The summed E-state index contributed by atoms with van der Waals surface area (Å²) in [5, 5.41) is 0. The average Bonchev–Trinajstić information content (AvgIpc) is 2.27. The zero-order valence-electron chi connectivity index (χ0n) is 10.4. The minimum atomic E-state index is -0.241. The van der Waals surface area contributed by atoms with Crippen molar-refractivity contribution in [1.29, 1.82) is 0 Å². The van der Waals surface area contributed by atoms with Crippen molar-refractivity contribution in [2.24, 2.45) is 0 Å².